The van der Waals surface area contributed by atoms with Crippen LogP contribution >= 0.6 is 11.3 Å². The van der Waals surface area contributed by atoms with Crippen LogP contribution < -0.4 is 5.32 Å². The van der Waals surface area contributed by atoms with E-state index in [1.165, 1.54) is 4.88 Å². The highest BCUT2D eigenvalue weighted by Crippen LogP contribution is 2.21. The number of nitrogens with one attached hydrogen (secondary N) is 1. The first-order valence-corrected chi connectivity index (χ1v) is 6.55. The van der Waals surface area contributed by atoms with Crippen LogP contribution in [0.4, 0.5) is 0 Å². The number of nitrogens with zero attached hydrogens (tertiary/aromatic N) is 3. The molecule has 0 spiro atoms. The average molecular weight is 248 g/mol. The van der Waals surface area contributed by atoms with Gasteiger partial charge >= 0.3 is 0 Å². The summed E-state index contributed by atoms with van der Waals surface area (Å²) in [6.45, 7) is 6.04. The van der Waals surface area contributed by atoms with Crippen LogP contribution in [0, 0.1) is 6.92 Å². The van der Waals surface area contributed by atoms with E-state index in [0.29, 0.717) is 5.82 Å². The zero-order valence-electron chi connectivity index (χ0n) is 10.1. The number of hydrogen-bond acceptors (Lipinski definition) is 5. The molecule has 2 heterocycles. The molecule has 0 bridgehead atoms. The predicted molar refractivity (Wildman–Crippen MR) is 69.9 cm³/mol. The van der Waals surface area contributed by atoms with Gasteiger partial charge in [0, 0.05) is 30.0 Å². The number of hydrogen-bond donors (Lipinski definition) is 1. The van der Waals surface area contributed by atoms with Crippen LogP contribution in [-0.2, 0) is 6.54 Å². The monoisotopic (exact) mass is 248 g/mol. The summed E-state index contributed by atoms with van der Waals surface area (Å²) in [5.74, 6) is 0.711. The maximum atomic E-state index is 4.35. The lowest BCUT2D eigenvalue weighted by Crippen LogP contribution is -2.12. The lowest BCUT2D eigenvalue weighted by Gasteiger charge is -1.98. The van der Waals surface area contributed by atoms with E-state index in [1.54, 1.807) is 11.3 Å². The molecule has 0 aromatic carbocycles. The Balaban J connectivity index is 2.04. The third-order valence-corrected chi connectivity index (χ3v) is 3.25. The summed E-state index contributed by atoms with van der Waals surface area (Å²) >= 11 is 1.64. The molecule has 17 heavy (non-hydrogen) atoms. The summed E-state index contributed by atoms with van der Waals surface area (Å²) in [5.41, 5.74) is 1.06. The molecule has 90 valence electrons. The van der Waals surface area contributed by atoms with Crippen molar-refractivity contribution in [2.75, 3.05) is 6.54 Å². The van der Waals surface area contributed by atoms with Crippen molar-refractivity contribution in [3.05, 3.63) is 29.0 Å². The minimum atomic E-state index is 0.711. The standard InChI is InChI=1S/C12H16N4S/c1-3-4-13-7-10-8-16-12(17-10)11-14-5-9(2)6-15-11/h5-6,8,13H,3-4,7H2,1-2H3. The smallest absolute Gasteiger partial charge is 0.188 e. The summed E-state index contributed by atoms with van der Waals surface area (Å²) < 4.78 is 0. The zero-order valence-corrected chi connectivity index (χ0v) is 10.9. The van der Waals surface area contributed by atoms with Crippen LogP contribution in [0.15, 0.2) is 18.6 Å². The summed E-state index contributed by atoms with van der Waals surface area (Å²) in [7, 11) is 0. The van der Waals surface area contributed by atoms with Gasteiger partial charge in [0.1, 0.15) is 0 Å². The molecule has 0 aliphatic rings. The zero-order chi connectivity index (χ0) is 12.1. The van der Waals surface area contributed by atoms with Gasteiger partial charge in [0.05, 0.1) is 0 Å². The fraction of sp³-hybridized carbons (Fsp3) is 0.417. The van der Waals surface area contributed by atoms with Crippen molar-refractivity contribution in [2.24, 2.45) is 0 Å². The quantitative estimate of drug-likeness (QED) is 0.826. The number of rotatable bonds is 5. The third-order valence-electron chi connectivity index (χ3n) is 2.25. The summed E-state index contributed by atoms with van der Waals surface area (Å²) in [5, 5.41) is 4.24. The van der Waals surface area contributed by atoms with Gasteiger partial charge in [0.15, 0.2) is 10.8 Å². The second-order valence-corrected chi connectivity index (χ2v) is 5.01. The van der Waals surface area contributed by atoms with Crippen molar-refractivity contribution >= 4 is 11.3 Å². The molecule has 0 atom stereocenters. The highest BCUT2D eigenvalue weighted by molar-refractivity contribution is 7.14. The van der Waals surface area contributed by atoms with Gasteiger partial charge in [0.25, 0.3) is 0 Å². The first kappa shape index (κ1) is 12.1. The summed E-state index contributed by atoms with van der Waals surface area (Å²) in [6.07, 6.45) is 6.68. The second kappa shape index (κ2) is 5.84. The van der Waals surface area contributed by atoms with Crippen LogP contribution in [0.5, 0.6) is 0 Å². The minimum absolute atomic E-state index is 0.711. The molecule has 2 aromatic rings. The molecule has 0 aliphatic carbocycles. The van der Waals surface area contributed by atoms with Gasteiger partial charge < -0.3 is 5.32 Å². The van der Waals surface area contributed by atoms with Crippen LogP contribution in [0.25, 0.3) is 10.8 Å². The Hall–Kier alpha value is -1.33. The lowest BCUT2D eigenvalue weighted by molar-refractivity contribution is 0.681. The van der Waals surface area contributed by atoms with Gasteiger partial charge in [-0.2, -0.15) is 0 Å². The molecule has 0 saturated heterocycles. The van der Waals surface area contributed by atoms with Gasteiger partial charge in [0.2, 0.25) is 0 Å². The fourth-order valence-corrected chi connectivity index (χ4v) is 2.21. The van der Waals surface area contributed by atoms with Crippen molar-refractivity contribution in [3.63, 3.8) is 0 Å². The third kappa shape index (κ3) is 3.31. The highest BCUT2D eigenvalue weighted by atomic mass is 32.1. The molecular weight excluding hydrogens is 232 g/mol. The largest absolute Gasteiger partial charge is 0.312 e. The molecule has 0 unspecified atom stereocenters. The van der Waals surface area contributed by atoms with Crippen LogP contribution in [0.1, 0.15) is 23.8 Å². The van der Waals surface area contributed by atoms with Crippen molar-refractivity contribution < 1.29 is 0 Å². The first-order chi connectivity index (χ1) is 8.29. The molecule has 0 radical (unpaired) electrons. The van der Waals surface area contributed by atoms with E-state index >= 15 is 0 Å². The first-order valence-electron chi connectivity index (χ1n) is 5.74. The van der Waals surface area contributed by atoms with Gasteiger partial charge in [-0.3, -0.25) is 0 Å². The molecule has 4 nitrogen and oxygen atoms in total. The van der Waals surface area contributed by atoms with Crippen LogP contribution in [-0.4, -0.2) is 21.5 Å². The van der Waals surface area contributed by atoms with Crippen LogP contribution in [0.3, 0.4) is 0 Å². The van der Waals surface area contributed by atoms with E-state index in [1.807, 2.05) is 25.5 Å². The van der Waals surface area contributed by atoms with Crippen molar-refractivity contribution in [1.82, 2.24) is 20.3 Å². The Bertz CT molecular complexity index is 464. The van der Waals surface area contributed by atoms with Crippen molar-refractivity contribution in [3.8, 4) is 10.8 Å². The van der Waals surface area contributed by atoms with Gasteiger partial charge in [-0.05, 0) is 25.5 Å². The summed E-state index contributed by atoms with van der Waals surface area (Å²) in [6, 6.07) is 0. The Kier molecular flexibility index (Phi) is 4.17. The number of thiazole rings is 1. The summed E-state index contributed by atoms with van der Waals surface area (Å²) in [4.78, 5) is 14.1. The van der Waals surface area contributed by atoms with Gasteiger partial charge in [-0.15, -0.1) is 11.3 Å². The Labute approximate surface area is 105 Å². The topological polar surface area (TPSA) is 50.7 Å². The van der Waals surface area contributed by atoms with Crippen molar-refractivity contribution in [2.45, 2.75) is 26.8 Å². The maximum absolute atomic E-state index is 4.35. The van der Waals surface area contributed by atoms with E-state index in [2.05, 4.69) is 27.2 Å². The SMILES string of the molecule is CCCNCc1cnc(-c2ncc(C)cn2)s1. The highest BCUT2D eigenvalue weighted by Gasteiger charge is 2.06. The van der Waals surface area contributed by atoms with Crippen molar-refractivity contribution in [1.29, 1.82) is 0 Å². The molecule has 0 aliphatic heterocycles. The van der Waals surface area contributed by atoms with E-state index < -0.39 is 0 Å². The average Bonchev–Trinajstić information content (AvgIpc) is 2.79. The predicted octanol–water partition coefficient (Wildman–Crippen LogP) is 2.41. The van der Waals surface area contributed by atoms with E-state index in [9.17, 15) is 0 Å². The molecule has 0 saturated carbocycles. The molecule has 0 fully saturated rings. The second-order valence-electron chi connectivity index (χ2n) is 3.89. The fourth-order valence-electron chi connectivity index (χ4n) is 1.38. The van der Waals surface area contributed by atoms with Crippen LogP contribution in [0.2, 0.25) is 0 Å². The Morgan fingerprint density at radius 2 is 1.94 bits per heavy atom. The Morgan fingerprint density at radius 1 is 1.18 bits per heavy atom. The molecule has 2 aromatic heterocycles. The molecule has 5 heteroatoms. The number of aryl methyl sites for hydroxylation is 1. The molecule has 0 amide bonds. The van der Waals surface area contributed by atoms with E-state index in [4.69, 9.17) is 0 Å². The van der Waals surface area contributed by atoms with Gasteiger partial charge in [-0.25, -0.2) is 15.0 Å². The molecule has 2 rings (SSSR count). The lowest BCUT2D eigenvalue weighted by atomic mass is 10.4. The molecule has 1 N–H and O–H groups in total. The van der Waals surface area contributed by atoms with E-state index in [0.717, 1.165) is 30.1 Å². The number of aromatic nitrogens is 3. The normalized spacial score (nSPS) is 10.7. The molecular formula is C12H16N4S. The van der Waals surface area contributed by atoms with E-state index in [-0.39, 0.29) is 0 Å². The minimum Gasteiger partial charge on any atom is -0.312 e. The maximum Gasteiger partial charge on any atom is 0.188 e. The van der Waals surface area contributed by atoms with Gasteiger partial charge in [-0.1, -0.05) is 6.92 Å². The Morgan fingerprint density at radius 3 is 2.65 bits per heavy atom.